The summed E-state index contributed by atoms with van der Waals surface area (Å²) in [5.41, 5.74) is 0.835. The van der Waals surface area contributed by atoms with Crippen LogP contribution < -0.4 is 0 Å². The fourth-order valence-corrected chi connectivity index (χ4v) is 5.26. The summed E-state index contributed by atoms with van der Waals surface area (Å²) < 4.78 is 2.87. The molecule has 0 spiro atoms. The summed E-state index contributed by atoms with van der Waals surface area (Å²) >= 11 is 9.80. The van der Waals surface area contributed by atoms with E-state index in [4.69, 9.17) is 11.6 Å². The van der Waals surface area contributed by atoms with Gasteiger partial charge in [-0.3, -0.25) is 9.69 Å². The predicted octanol–water partition coefficient (Wildman–Crippen LogP) is 4.60. The molecule has 0 unspecified atom stereocenters. The van der Waals surface area contributed by atoms with Crippen molar-refractivity contribution in [2.24, 2.45) is 11.8 Å². The molecule has 2 aliphatic rings. The van der Waals surface area contributed by atoms with E-state index in [1.807, 2.05) is 29.8 Å². The average Bonchev–Trinajstić information content (AvgIpc) is 3.08. The van der Waals surface area contributed by atoms with Crippen LogP contribution in [0.1, 0.15) is 38.4 Å². The number of aryl methyl sites for hydroxylation is 1. The maximum Gasteiger partial charge on any atom is 0.225 e. The Morgan fingerprint density at radius 1 is 1.23 bits per heavy atom. The highest BCUT2D eigenvalue weighted by Gasteiger charge is 2.30. The average molecular weight is 495 g/mol. The summed E-state index contributed by atoms with van der Waals surface area (Å²) in [6, 6.07) is 5.74. The lowest BCUT2D eigenvalue weighted by molar-refractivity contribution is -0.139. The van der Waals surface area contributed by atoms with Crippen molar-refractivity contribution in [3.63, 3.8) is 0 Å². The van der Waals surface area contributed by atoms with Gasteiger partial charge >= 0.3 is 0 Å². The molecular weight excluding hydrogens is 466 g/mol. The molecule has 2 fully saturated rings. The monoisotopic (exact) mass is 493 g/mol. The standard InChI is InChI=1S/C22H29BrClN5O/c1-15-4-3-9-28(13-15)22(30)17-7-10-27(11-8-17)14-29-16(2)25-21(26-29)19-6-5-18(23)12-20(19)24/h5-6,12,15,17H,3-4,7-11,13-14H2,1-2H3/t15-/m1/s1. The topological polar surface area (TPSA) is 54.3 Å². The van der Waals surface area contributed by atoms with Crippen molar-refractivity contribution in [1.82, 2.24) is 24.6 Å². The Labute approximate surface area is 191 Å². The number of nitrogens with zero attached hydrogens (tertiary/aromatic N) is 5. The first kappa shape index (κ1) is 21.8. The van der Waals surface area contributed by atoms with Gasteiger partial charge in [0.1, 0.15) is 5.82 Å². The van der Waals surface area contributed by atoms with Gasteiger partial charge in [-0.25, -0.2) is 9.67 Å². The molecule has 0 N–H and O–H groups in total. The number of rotatable bonds is 4. The van der Waals surface area contributed by atoms with Crippen LogP contribution >= 0.6 is 27.5 Å². The Balaban J connectivity index is 1.35. The smallest absolute Gasteiger partial charge is 0.225 e. The second kappa shape index (κ2) is 9.37. The van der Waals surface area contributed by atoms with E-state index in [1.165, 1.54) is 6.42 Å². The first-order valence-corrected chi connectivity index (χ1v) is 12.0. The number of carbonyl (C=O) groups is 1. The van der Waals surface area contributed by atoms with Crippen molar-refractivity contribution < 1.29 is 4.79 Å². The van der Waals surface area contributed by atoms with Gasteiger partial charge in [0.15, 0.2) is 5.82 Å². The zero-order chi connectivity index (χ0) is 21.3. The van der Waals surface area contributed by atoms with Crippen molar-refractivity contribution in [2.45, 2.75) is 46.2 Å². The van der Waals surface area contributed by atoms with Gasteiger partial charge in [-0.2, -0.15) is 0 Å². The maximum absolute atomic E-state index is 12.9. The highest BCUT2D eigenvalue weighted by molar-refractivity contribution is 9.10. The van der Waals surface area contributed by atoms with Crippen molar-refractivity contribution in [3.8, 4) is 11.4 Å². The molecule has 2 saturated heterocycles. The van der Waals surface area contributed by atoms with Gasteiger partial charge in [0.2, 0.25) is 5.91 Å². The SMILES string of the molecule is Cc1nc(-c2ccc(Br)cc2Cl)nn1CN1CCC(C(=O)N2CCC[C@@H](C)C2)CC1. The molecule has 0 radical (unpaired) electrons. The predicted molar refractivity (Wildman–Crippen MR) is 122 cm³/mol. The molecule has 0 aliphatic carbocycles. The highest BCUT2D eigenvalue weighted by Crippen LogP contribution is 2.29. The Morgan fingerprint density at radius 3 is 2.70 bits per heavy atom. The Morgan fingerprint density at radius 2 is 2.00 bits per heavy atom. The molecule has 2 aliphatic heterocycles. The van der Waals surface area contributed by atoms with Crippen LogP contribution in [0.25, 0.3) is 11.4 Å². The Hall–Kier alpha value is -1.44. The minimum absolute atomic E-state index is 0.167. The lowest BCUT2D eigenvalue weighted by Gasteiger charge is -2.37. The fourth-order valence-electron chi connectivity index (χ4n) is 4.50. The molecule has 4 rings (SSSR count). The summed E-state index contributed by atoms with van der Waals surface area (Å²) in [5, 5.41) is 5.32. The molecular formula is C22H29BrClN5O. The summed E-state index contributed by atoms with van der Waals surface area (Å²) in [6.45, 7) is 8.59. The zero-order valence-electron chi connectivity index (χ0n) is 17.7. The molecule has 1 aromatic carbocycles. The quantitative estimate of drug-likeness (QED) is 0.623. The number of amides is 1. The first-order chi connectivity index (χ1) is 14.4. The molecule has 0 saturated carbocycles. The molecule has 8 heteroatoms. The number of hydrogen-bond acceptors (Lipinski definition) is 4. The third-order valence-corrected chi connectivity index (χ3v) is 7.07. The number of hydrogen-bond donors (Lipinski definition) is 0. The molecule has 1 amide bonds. The van der Waals surface area contributed by atoms with Gasteiger partial charge in [-0.1, -0.05) is 34.5 Å². The minimum atomic E-state index is 0.167. The molecule has 0 bridgehead atoms. The molecule has 30 heavy (non-hydrogen) atoms. The second-order valence-electron chi connectivity index (χ2n) is 8.67. The van der Waals surface area contributed by atoms with Crippen LogP contribution in [0.4, 0.5) is 0 Å². The number of benzene rings is 1. The van der Waals surface area contributed by atoms with E-state index < -0.39 is 0 Å². The van der Waals surface area contributed by atoms with E-state index in [-0.39, 0.29) is 5.92 Å². The largest absolute Gasteiger partial charge is 0.342 e. The number of piperidine rings is 2. The molecule has 2 aromatic rings. The normalized spacial score (nSPS) is 21.2. The summed E-state index contributed by atoms with van der Waals surface area (Å²) in [7, 11) is 0. The number of likely N-dealkylation sites (tertiary alicyclic amines) is 2. The van der Waals surface area contributed by atoms with Gasteiger partial charge in [0.25, 0.3) is 0 Å². The lowest BCUT2D eigenvalue weighted by atomic mass is 9.93. The first-order valence-electron chi connectivity index (χ1n) is 10.8. The fraction of sp³-hybridized carbons (Fsp3) is 0.591. The summed E-state index contributed by atoms with van der Waals surface area (Å²) in [4.78, 5) is 22.0. The molecule has 1 aromatic heterocycles. The molecule has 162 valence electrons. The zero-order valence-corrected chi connectivity index (χ0v) is 20.0. The van der Waals surface area contributed by atoms with Gasteiger partial charge in [0.05, 0.1) is 11.7 Å². The second-order valence-corrected chi connectivity index (χ2v) is 9.99. The van der Waals surface area contributed by atoms with E-state index in [2.05, 4.69) is 42.7 Å². The lowest BCUT2D eigenvalue weighted by Crippen LogP contribution is -2.46. The van der Waals surface area contributed by atoms with Crippen LogP contribution in [0.2, 0.25) is 5.02 Å². The van der Waals surface area contributed by atoms with Crippen molar-refractivity contribution in [2.75, 3.05) is 26.2 Å². The van der Waals surface area contributed by atoms with Crippen LogP contribution in [0.5, 0.6) is 0 Å². The summed E-state index contributed by atoms with van der Waals surface area (Å²) in [5.74, 6) is 2.68. The third-order valence-electron chi connectivity index (χ3n) is 6.27. The molecule has 3 heterocycles. The van der Waals surface area contributed by atoms with Crippen LogP contribution in [0.15, 0.2) is 22.7 Å². The van der Waals surface area contributed by atoms with Crippen molar-refractivity contribution in [3.05, 3.63) is 33.5 Å². The van der Waals surface area contributed by atoms with E-state index in [9.17, 15) is 4.79 Å². The number of carbonyl (C=O) groups excluding carboxylic acids is 1. The van der Waals surface area contributed by atoms with E-state index >= 15 is 0 Å². The minimum Gasteiger partial charge on any atom is -0.342 e. The summed E-state index contributed by atoms with van der Waals surface area (Å²) in [6.07, 6.45) is 4.22. The van der Waals surface area contributed by atoms with Crippen LogP contribution in [0.3, 0.4) is 0 Å². The number of aromatic nitrogens is 3. The van der Waals surface area contributed by atoms with Crippen LogP contribution in [-0.4, -0.2) is 56.7 Å². The Bertz CT molecular complexity index is 909. The van der Waals surface area contributed by atoms with Gasteiger partial charge in [-0.15, -0.1) is 5.10 Å². The van der Waals surface area contributed by atoms with Gasteiger partial charge in [-0.05, 0) is 56.7 Å². The van der Waals surface area contributed by atoms with Crippen LogP contribution in [-0.2, 0) is 11.5 Å². The Kier molecular flexibility index (Phi) is 6.80. The van der Waals surface area contributed by atoms with Crippen molar-refractivity contribution >= 4 is 33.4 Å². The van der Waals surface area contributed by atoms with E-state index in [1.54, 1.807) is 0 Å². The van der Waals surface area contributed by atoms with Gasteiger partial charge in [0, 0.05) is 42.1 Å². The number of halogens is 2. The van der Waals surface area contributed by atoms with Gasteiger partial charge < -0.3 is 4.90 Å². The highest BCUT2D eigenvalue weighted by atomic mass is 79.9. The third kappa shape index (κ3) is 4.89. The maximum atomic E-state index is 12.9. The molecule has 6 nitrogen and oxygen atoms in total. The van der Waals surface area contributed by atoms with Crippen LogP contribution in [0, 0.1) is 18.8 Å². The van der Waals surface area contributed by atoms with E-state index in [0.717, 1.165) is 61.3 Å². The molecule has 1 atom stereocenters. The van der Waals surface area contributed by atoms with E-state index in [0.29, 0.717) is 29.3 Å². The van der Waals surface area contributed by atoms with Crippen molar-refractivity contribution in [1.29, 1.82) is 0 Å².